The molecule has 0 saturated heterocycles. The average molecular weight is 421 g/mol. The molecule has 0 aliphatic rings. The zero-order valence-electron chi connectivity index (χ0n) is 16.2. The number of nitrogens with one attached hydrogen (secondary N) is 2. The summed E-state index contributed by atoms with van der Waals surface area (Å²) in [5.74, 6) is -1.42. The Morgan fingerprint density at radius 1 is 1.07 bits per heavy atom. The molecule has 2 rings (SSSR count). The molecule has 0 radical (unpaired) electrons. The van der Waals surface area contributed by atoms with Crippen LogP contribution in [0.15, 0.2) is 42.5 Å². The van der Waals surface area contributed by atoms with Gasteiger partial charge in [0.05, 0.1) is 24.3 Å². The number of hydrogen-bond acceptors (Lipinski definition) is 6. The maximum absolute atomic E-state index is 12.4. The second-order valence-corrected chi connectivity index (χ2v) is 6.19. The summed E-state index contributed by atoms with van der Waals surface area (Å²) in [6.45, 7) is 3.52. The first-order valence-electron chi connectivity index (χ1n) is 8.73. The number of carbonyl (C=O) groups is 3. The Morgan fingerprint density at radius 3 is 2.38 bits per heavy atom. The van der Waals surface area contributed by atoms with E-state index in [1.807, 2.05) is 0 Å². The van der Waals surface area contributed by atoms with Crippen LogP contribution >= 0.6 is 11.6 Å². The van der Waals surface area contributed by atoms with Crippen molar-refractivity contribution in [3.05, 3.63) is 58.6 Å². The molecule has 0 spiro atoms. The molecular weight excluding hydrogens is 400 g/mol. The minimum atomic E-state index is -1.17. The Morgan fingerprint density at radius 2 is 1.76 bits per heavy atom. The van der Waals surface area contributed by atoms with E-state index < -0.39 is 23.9 Å². The van der Waals surface area contributed by atoms with Gasteiger partial charge in [-0.2, -0.15) is 0 Å². The molecule has 2 N–H and O–H groups in total. The minimum Gasteiger partial charge on any atom is -0.493 e. The van der Waals surface area contributed by atoms with Gasteiger partial charge in [0.15, 0.2) is 17.6 Å². The van der Waals surface area contributed by atoms with Crippen molar-refractivity contribution in [2.75, 3.05) is 13.7 Å². The summed E-state index contributed by atoms with van der Waals surface area (Å²) < 4.78 is 15.7. The lowest BCUT2D eigenvalue weighted by atomic mass is 10.2. The van der Waals surface area contributed by atoms with E-state index in [9.17, 15) is 14.4 Å². The van der Waals surface area contributed by atoms with Gasteiger partial charge in [0.25, 0.3) is 11.8 Å². The predicted octanol–water partition coefficient (Wildman–Crippen LogP) is 2.75. The summed E-state index contributed by atoms with van der Waals surface area (Å²) in [6, 6.07) is 11.1. The first kappa shape index (κ1) is 22.0. The van der Waals surface area contributed by atoms with Crippen molar-refractivity contribution in [3.63, 3.8) is 0 Å². The van der Waals surface area contributed by atoms with Crippen LogP contribution in [0, 0.1) is 0 Å². The standard InChI is InChI=1S/C20H21ClN2O6/c1-4-28-17-15(21)10-14(11-16(17)27-3)20(26)29-12(2)18(24)22-23-19(25)13-8-6-5-7-9-13/h5-12H,4H2,1-3H3,(H,22,24)(H,23,25)/t12-/m1/s1. The number of hydrazine groups is 1. The molecule has 0 fully saturated rings. The molecule has 0 aromatic heterocycles. The largest absolute Gasteiger partial charge is 0.493 e. The maximum atomic E-state index is 12.4. The summed E-state index contributed by atoms with van der Waals surface area (Å²) in [6.07, 6.45) is -1.17. The summed E-state index contributed by atoms with van der Waals surface area (Å²) in [4.78, 5) is 36.4. The van der Waals surface area contributed by atoms with Gasteiger partial charge in [0.2, 0.25) is 0 Å². The molecule has 0 bridgehead atoms. The molecule has 0 aliphatic heterocycles. The van der Waals surface area contributed by atoms with E-state index in [0.717, 1.165) is 0 Å². The molecular formula is C20H21ClN2O6. The highest BCUT2D eigenvalue weighted by Crippen LogP contribution is 2.36. The molecule has 0 unspecified atom stereocenters. The van der Waals surface area contributed by atoms with Gasteiger partial charge in [-0.1, -0.05) is 29.8 Å². The lowest BCUT2D eigenvalue weighted by molar-refractivity contribution is -0.129. The van der Waals surface area contributed by atoms with Crippen LogP contribution in [0.3, 0.4) is 0 Å². The molecule has 2 amide bonds. The number of methoxy groups -OCH3 is 1. The van der Waals surface area contributed by atoms with Crippen molar-refractivity contribution in [3.8, 4) is 11.5 Å². The third-order valence-corrected chi connectivity index (χ3v) is 4.02. The van der Waals surface area contributed by atoms with Gasteiger partial charge in [-0.25, -0.2) is 4.79 Å². The van der Waals surface area contributed by atoms with E-state index >= 15 is 0 Å². The van der Waals surface area contributed by atoms with E-state index in [4.69, 9.17) is 25.8 Å². The quantitative estimate of drug-likeness (QED) is 0.527. The highest BCUT2D eigenvalue weighted by molar-refractivity contribution is 6.32. The molecule has 0 saturated carbocycles. The Kier molecular flexibility index (Phi) is 7.85. The zero-order valence-corrected chi connectivity index (χ0v) is 16.9. The molecule has 0 aliphatic carbocycles. The number of hydrogen-bond donors (Lipinski definition) is 2. The van der Waals surface area contributed by atoms with Crippen molar-refractivity contribution >= 4 is 29.4 Å². The topological polar surface area (TPSA) is 103 Å². The van der Waals surface area contributed by atoms with Crippen molar-refractivity contribution in [1.29, 1.82) is 0 Å². The van der Waals surface area contributed by atoms with Crippen molar-refractivity contribution in [2.45, 2.75) is 20.0 Å². The predicted molar refractivity (Wildman–Crippen MR) is 106 cm³/mol. The summed E-state index contributed by atoms with van der Waals surface area (Å²) >= 11 is 6.14. The SMILES string of the molecule is CCOc1c(Cl)cc(C(=O)O[C@H](C)C(=O)NNC(=O)c2ccccc2)cc1OC. The summed E-state index contributed by atoms with van der Waals surface area (Å²) in [7, 11) is 1.41. The van der Waals surface area contributed by atoms with E-state index in [1.165, 1.54) is 26.2 Å². The van der Waals surface area contributed by atoms with Crippen molar-refractivity contribution < 1.29 is 28.6 Å². The van der Waals surface area contributed by atoms with E-state index in [0.29, 0.717) is 17.9 Å². The van der Waals surface area contributed by atoms with Crippen LogP contribution in [0.2, 0.25) is 5.02 Å². The number of amides is 2. The Hall–Kier alpha value is -3.26. The Balaban J connectivity index is 1.98. The molecule has 1 atom stereocenters. The monoisotopic (exact) mass is 420 g/mol. The van der Waals surface area contributed by atoms with Crippen LogP contribution in [-0.4, -0.2) is 37.6 Å². The number of esters is 1. The highest BCUT2D eigenvalue weighted by atomic mass is 35.5. The molecule has 2 aromatic carbocycles. The van der Waals surface area contributed by atoms with E-state index in [2.05, 4.69) is 10.9 Å². The van der Waals surface area contributed by atoms with Crippen LogP contribution in [0.4, 0.5) is 0 Å². The number of rotatable bonds is 7. The van der Waals surface area contributed by atoms with Gasteiger partial charge < -0.3 is 14.2 Å². The molecule has 0 heterocycles. The number of ether oxygens (including phenoxy) is 3. The van der Waals surface area contributed by atoms with E-state index in [1.54, 1.807) is 37.3 Å². The lowest BCUT2D eigenvalue weighted by Crippen LogP contribution is -2.46. The Labute approximate surface area is 173 Å². The van der Waals surface area contributed by atoms with Gasteiger partial charge in [-0.3, -0.25) is 20.4 Å². The molecule has 154 valence electrons. The second kappa shape index (κ2) is 10.3. The van der Waals surface area contributed by atoms with Crippen molar-refractivity contribution in [1.82, 2.24) is 10.9 Å². The van der Waals surface area contributed by atoms with Crippen molar-refractivity contribution in [2.24, 2.45) is 0 Å². The van der Waals surface area contributed by atoms with Crippen LogP contribution in [0.1, 0.15) is 34.6 Å². The normalized spacial score (nSPS) is 11.2. The van der Waals surface area contributed by atoms with Crippen LogP contribution in [0.25, 0.3) is 0 Å². The van der Waals surface area contributed by atoms with E-state index in [-0.39, 0.29) is 16.3 Å². The van der Waals surface area contributed by atoms with Crippen LogP contribution in [-0.2, 0) is 9.53 Å². The number of benzene rings is 2. The third-order valence-electron chi connectivity index (χ3n) is 3.74. The zero-order chi connectivity index (χ0) is 21.4. The first-order chi connectivity index (χ1) is 13.9. The fourth-order valence-corrected chi connectivity index (χ4v) is 2.55. The number of halogens is 1. The number of carbonyl (C=O) groups excluding carboxylic acids is 3. The second-order valence-electron chi connectivity index (χ2n) is 5.78. The highest BCUT2D eigenvalue weighted by Gasteiger charge is 2.22. The fourth-order valence-electron chi connectivity index (χ4n) is 2.29. The summed E-state index contributed by atoms with van der Waals surface area (Å²) in [5.41, 5.74) is 4.92. The third kappa shape index (κ3) is 5.86. The van der Waals surface area contributed by atoms with Gasteiger partial charge >= 0.3 is 5.97 Å². The fraction of sp³-hybridized carbons (Fsp3) is 0.250. The molecule has 29 heavy (non-hydrogen) atoms. The molecule has 2 aromatic rings. The van der Waals surface area contributed by atoms with Crippen LogP contribution < -0.4 is 20.3 Å². The smallest absolute Gasteiger partial charge is 0.339 e. The van der Waals surface area contributed by atoms with Gasteiger partial charge in [-0.05, 0) is 38.1 Å². The lowest BCUT2D eigenvalue weighted by Gasteiger charge is -2.16. The molecule has 9 heteroatoms. The minimum absolute atomic E-state index is 0.0864. The van der Waals surface area contributed by atoms with Crippen LogP contribution in [0.5, 0.6) is 11.5 Å². The summed E-state index contributed by atoms with van der Waals surface area (Å²) in [5, 5.41) is 0.172. The van der Waals surface area contributed by atoms with Gasteiger partial charge in [-0.15, -0.1) is 0 Å². The Bertz CT molecular complexity index is 888. The maximum Gasteiger partial charge on any atom is 0.339 e. The van der Waals surface area contributed by atoms with Gasteiger partial charge in [0, 0.05) is 5.56 Å². The van der Waals surface area contributed by atoms with Gasteiger partial charge in [0.1, 0.15) is 0 Å². The molecule has 8 nitrogen and oxygen atoms in total. The average Bonchev–Trinajstić information content (AvgIpc) is 2.73. The first-order valence-corrected chi connectivity index (χ1v) is 9.11.